The highest BCUT2D eigenvalue weighted by molar-refractivity contribution is 5.88. The van der Waals surface area contributed by atoms with Crippen molar-refractivity contribution in [1.82, 2.24) is 14.5 Å². The van der Waals surface area contributed by atoms with Crippen LogP contribution in [0.4, 0.5) is 0 Å². The molecule has 1 aliphatic carbocycles. The number of fused-ring (bicyclic) bond motifs is 3. The number of carboxylic acids is 1. The minimum atomic E-state index is -1.35. The average molecular weight is 477 g/mol. The molecule has 1 aromatic heterocycles. The predicted octanol–water partition coefficient (Wildman–Crippen LogP) is 4.87. The van der Waals surface area contributed by atoms with Gasteiger partial charge in [-0.2, -0.15) is 0 Å². The Bertz CT molecular complexity index is 1240. The molecule has 2 aliphatic heterocycles. The summed E-state index contributed by atoms with van der Waals surface area (Å²) in [7, 11) is 0. The Morgan fingerprint density at radius 1 is 1.11 bits per heavy atom. The molecule has 0 amide bonds. The molecule has 1 saturated carbocycles. The molecule has 3 atom stereocenters. The molecule has 1 N–H and O–H groups in total. The number of para-hydroxylation sites is 2. The normalized spacial score (nSPS) is 30.2. The molecule has 3 heterocycles. The van der Waals surface area contributed by atoms with E-state index in [0.29, 0.717) is 29.9 Å². The molecule has 1 aromatic carbocycles. The summed E-state index contributed by atoms with van der Waals surface area (Å²) in [6.07, 6.45) is 12.5. The summed E-state index contributed by atoms with van der Waals surface area (Å²) in [4.78, 5) is 41.3. The van der Waals surface area contributed by atoms with Gasteiger partial charge in [0.2, 0.25) is 5.69 Å². The quantitative estimate of drug-likeness (QED) is 0.636. The Labute approximate surface area is 205 Å². The lowest BCUT2D eigenvalue weighted by Gasteiger charge is -2.47. The van der Waals surface area contributed by atoms with E-state index in [2.05, 4.69) is 26.4 Å². The van der Waals surface area contributed by atoms with Crippen LogP contribution < -0.4 is 5.56 Å². The highest BCUT2D eigenvalue weighted by Gasteiger charge is 2.66. The molecule has 184 valence electrons. The van der Waals surface area contributed by atoms with Gasteiger partial charge in [-0.1, -0.05) is 55.5 Å². The van der Waals surface area contributed by atoms with Crippen molar-refractivity contribution in [3.05, 3.63) is 45.2 Å². The zero-order chi connectivity index (χ0) is 24.6. The lowest BCUT2D eigenvalue weighted by molar-refractivity contribution is -0.0235. The fraction of sp³-hybridized carbons (Fsp3) is 0.593. The van der Waals surface area contributed by atoms with Gasteiger partial charge in [0, 0.05) is 24.9 Å². The average Bonchev–Trinajstić information content (AvgIpc) is 3.18. The smallest absolute Gasteiger partial charge is 0.360 e. The van der Waals surface area contributed by atoms with Gasteiger partial charge in [0.15, 0.2) is 0 Å². The van der Waals surface area contributed by atoms with Crippen LogP contribution in [-0.2, 0) is 5.66 Å². The first-order valence-corrected chi connectivity index (χ1v) is 12.9. The van der Waals surface area contributed by atoms with Gasteiger partial charge in [-0.3, -0.25) is 14.4 Å². The number of nitrogens with zero attached hydrogens (tertiary/aromatic N) is 5. The number of carboxylic acid groups (broad SMARTS) is 1. The van der Waals surface area contributed by atoms with Gasteiger partial charge >= 0.3 is 11.6 Å². The number of piperidine rings is 1. The Morgan fingerprint density at radius 2 is 1.80 bits per heavy atom. The molecular formula is C27H34N5O3+. The van der Waals surface area contributed by atoms with Crippen LogP contribution in [0.15, 0.2) is 34.1 Å². The number of hydrogen-bond acceptors (Lipinski definition) is 5. The van der Waals surface area contributed by atoms with E-state index in [9.17, 15) is 14.7 Å². The fourth-order valence-electron chi connectivity index (χ4n) is 7.04. The lowest BCUT2D eigenvalue weighted by Crippen LogP contribution is -2.61. The minimum Gasteiger partial charge on any atom is -0.476 e. The third-order valence-electron chi connectivity index (χ3n) is 8.51. The standard InChI is InChI=1S/C27H33N5O3/c1-28-26-16-15-20(31(26)19-11-7-5-3-4-6-8-12-19)17-27(18-26,29-2)32-22-14-10-9-13-21(22)30-23(24(32)33)25(34)35/h1,9-10,13-14,19-20H,2-8,11-12,15-18H2/p+1/t20?,26-,27-/m1/s1. The predicted molar refractivity (Wildman–Crippen MR) is 136 cm³/mol. The van der Waals surface area contributed by atoms with Crippen LogP contribution >= 0.6 is 0 Å². The summed E-state index contributed by atoms with van der Waals surface area (Å²) in [5.41, 5.74) is -1.88. The number of benzene rings is 1. The molecule has 0 spiro atoms. The molecule has 3 fully saturated rings. The summed E-state index contributed by atoms with van der Waals surface area (Å²) < 4.78 is 1.52. The summed E-state index contributed by atoms with van der Waals surface area (Å²) in [5, 5.41) is 9.73. The molecule has 5 rings (SSSR count). The first kappa shape index (κ1) is 23.7. The summed E-state index contributed by atoms with van der Waals surface area (Å²) in [5.74, 6) is -1.35. The van der Waals surface area contributed by atoms with Gasteiger partial charge in [-0.25, -0.2) is 14.7 Å². The first-order chi connectivity index (χ1) is 16.9. The zero-order valence-electron chi connectivity index (χ0n) is 20.2. The maximum atomic E-state index is 13.6. The van der Waals surface area contributed by atoms with Gasteiger partial charge in [0.25, 0.3) is 12.1 Å². The van der Waals surface area contributed by atoms with Crippen molar-refractivity contribution in [2.75, 3.05) is 0 Å². The van der Waals surface area contributed by atoms with Gasteiger partial charge in [0.05, 0.1) is 17.5 Å². The molecule has 2 bridgehead atoms. The third kappa shape index (κ3) is 3.86. The van der Waals surface area contributed by atoms with E-state index < -0.39 is 28.5 Å². The monoisotopic (exact) mass is 476 g/mol. The van der Waals surface area contributed by atoms with Crippen molar-refractivity contribution >= 4 is 23.7 Å². The number of aromatic nitrogens is 2. The second-order valence-corrected chi connectivity index (χ2v) is 10.5. The molecule has 35 heavy (non-hydrogen) atoms. The molecule has 8 nitrogen and oxygen atoms in total. The fourth-order valence-corrected chi connectivity index (χ4v) is 7.04. The minimum absolute atomic E-state index is 0.138. The van der Waals surface area contributed by atoms with Crippen LogP contribution in [0.25, 0.3) is 15.9 Å². The largest absolute Gasteiger partial charge is 0.476 e. The van der Waals surface area contributed by atoms with E-state index in [-0.39, 0.29) is 6.04 Å². The molecule has 2 aromatic rings. The number of carbonyl (C=O) groups is 1. The zero-order valence-corrected chi connectivity index (χ0v) is 20.2. The molecule has 2 saturated heterocycles. The Hall–Kier alpha value is -3.05. The van der Waals surface area contributed by atoms with E-state index in [0.717, 1.165) is 25.7 Å². The second-order valence-electron chi connectivity index (χ2n) is 10.5. The van der Waals surface area contributed by atoms with Crippen molar-refractivity contribution in [2.24, 2.45) is 4.99 Å². The second kappa shape index (κ2) is 9.19. The van der Waals surface area contributed by atoms with Crippen LogP contribution in [0.2, 0.25) is 0 Å². The van der Waals surface area contributed by atoms with Crippen LogP contribution in [0.3, 0.4) is 0 Å². The Kier molecular flexibility index (Phi) is 6.22. The van der Waals surface area contributed by atoms with Crippen molar-refractivity contribution in [3.8, 4) is 6.57 Å². The molecule has 0 radical (unpaired) electrons. The van der Waals surface area contributed by atoms with Crippen molar-refractivity contribution in [1.29, 1.82) is 0 Å². The SMILES string of the molecule is C#[N+][C@@]12CCC(C[C@@](N=C)(n3c(=O)c(C(=O)O)nc4ccccc43)C1)N2C1CCCCCCCC1. The van der Waals surface area contributed by atoms with Crippen LogP contribution in [0.5, 0.6) is 0 Å². The van der Waals surface area contributed by atoms with Gasteiger partial charge in [-0.05, 0) is 38.1 Å². The number of rotatable bonds is 4. The highest BCUT2D eigenvalue weighted by Crippen LogP contribution is 2.54. The van der Waals surface area contributed by atoms with E-state index in [1.807, 2.05) is 6.07 Å². The summed E-state index contributed by atoms with van der Waals surface area (Å²) in [6.45, 7) is 10.1. The Morgan fingerprint density at radius 3 is 2.46 bits per heavy atom. The van der Waals surface area contributed by atoms with E-state index in [1.165, 1.54) is 43.1 Å². The molecular weight excluding hydrogens is 442 g/mol. The van der Waals surface area contributed by atoms with Crippen LogP contribution in [-0.4, -0.2) is 50.0 Å². The molecule has 8 heteroatoms. The van der Waals surface area contributed by atoms with E-state index in [4.69, 9.17) is 6.57 Å². The topological polar surface area (TPSA) is 92.1 Å². The van der Waals surface area contributed by atoms with Crippen LogP contribution in [0.1, 0.15) is 87.5 Å². The maximum Gasteiger partial charge on any atom is 0.360 e. The maximum absolute atomic E-state index is 13.6. The summed E-state index contributed by atoms with van der Waals surface area (Å²) >= 11 is 0. The van der Waals surface area contributed by atoms with Gasteiger partial charge in [0.1, 0.15) is 5.66 Å². The van der Waals surface area contributed by atoms with Crippen molar-refractivity contribution in [3.63, 3.8) is 0 Å². The van der Waals surface area contributed by atoms with Gasteiger partial charge in [-0.15, -0.1) is 0 Å². The Balaban J connectivity index is 1.63. The van der Waals surface area contributed by atoms with E-state index in [1.54, 1.807) is 18.2 Å². The van der Waals surface area contributed by atoms with Crippen molar-refractivity contribution in [2.45, 2.75) is 100 Å². The first-order valence-electron chi connectivity index (χ1n) is 12.9. The summed E-state index contributed by atoms with van der Waals surface area (Å²) in [6, 6.07) is 7.65. The molecule has 3 aliphatic rings. The highest BCUT2D eigenvalue weighted by atomic mass is 16.4. The van der Waals surface area contributed by atoms with Gasteiger partial charge < -0.3 is 5.11 Å². The lowest BCUT2D eigenvalue weighted by atomic mass is 9.84. The van der Waals surface area contributed by atoms with E-state index >= 15 is 0 Å². The number of hydrogen-bond donors (Lipinski definition) is 1. The van der Waals surface area contributed by atoms with Crippen molar-refractivity contribution < 1.29 is 9.90 Å². The third-order valence-corrected chi connectivity index (χ3v) is 8.51. The molecule has 1 unspecified atom stereocenters. The van der Waals surface area contributed by atoms with Crippen LogP contribution in [0, 0.1) is 6.57 Å². The number of aliphatic imine (C=N–C) groups is 1. The number of aromatic carboxylic acids is 1.